The molecule has 98 valence electrons. The van der Waals surface area contributed by atoms with Crippen molar-refractivity contribution in [2.75, 3.05) is 13.7 Å². The predicted molar refractivity (Wildman–Crippen MR) is 68.1 cm³/mol. The molecule has 5 nitrogen and oxygen atoms in total. The number of rotatable bonds is 5. The number of oxime groups is 1. The van der Waals surface area contributed by atoms with Gasteiger partial charge < -0.3 is 9.57 Å². The molecule has 0 saturated carbocycles. The normalized spacial score (nSPS) is 13.2. The third-order valence-corrected chi connectivity index (χ3v) is 1.83. The van der Waals surface area contributed by atoms with Crippen LogP contribution in [0.25, 0.3) is 0 Å². The van der Waals surface area contributed by atoms with Crippen molar-refractivity contribution < 1.29 is 14.4 Å². The summed E-state index contributed by atoms with van der Waals surface area (Å²) in [7, 11) is 1.45. The highest BCUT2D eigenvalue weighted by atomic mass is 16.6. The van der Waals surface area contributed by atoms with E-state index in [-0.39, 0.29) is 6.04 Å². The van der Waals surface area contributed by atoms with Gasteiger partial charge in [0, 0.05) is 6.54 Å². The zero-order valence-electron chi connectivity index (χ0n) is 11.3. The third kappa shape index (κ3) is 6.60. The number of hydrogen-bond acceptors (Lipinski definition) is 4. The van der Waals surface area contributed by atoms with Crippen molar-refractivity contribution in [1.29, 1.82) is 0 Å². The molecule has 5 heteroatoms. The van der Waals surface area contributed by atoms with Crippen molar-refractivity contribution >= 4 is 12.3 Å². The van der Waals surface area contributed by atoms with Crippen LogP contribution in [0, 0.1) is 0 Å². The van der Waals surface area contributed by atoms with Gasteiger partial charge in [-0.2, -0.15) is 0 Å². The van der Waals surface area contributed by atoms with E-state index in [0.29, 0.717) is 6.54 Å². The van der Waals surface area contributed by atoms with Crippen LogP contribution >= 0.6 is 0 Å². The second-order valence-electron chi connectivity index (χ2n) is 4.60. The summed E-state index contributed by atoms with van der Waals surface area (Å²) in [4.78, 5) is 18.0. The Morgan fingerprint density at radius 2 is 2.12 bits per heavy atom. The number of ether oxygens (including phenoxy) is 1. The summed E-state index contributed by atoms with van der Waals surface area (Å²) in [6.07, 6.45) is 2.78. The summed E-state index contributed by atoms with van der Waals surface area (Å²) in [6.45, 7) is 11.3. The number of nitrogens with zero attached hydrogens (tertiary/aromatic N) is 2. The van der Waals surface area contributed by atoms with E-state index in [4.69, 9.17) is 4.74 Å². The Morgan fingerprint density at radius 3 is 2.53 bits per heavy atom. The van der Waals surface area contributed by atoms with Gasteiger partial charge in [-0.25, -0.2) is 4.79 Å². The third-order valence-electron chi connectivity index (χ3n) is 1.83. The molecule has 0 heterocycles. The average molecular weight is 242 g/mol. The van der Waals surface area contributed by atoms with Gasteiger partial charge in [0.25, 0.3) is 0 Å². The van der Waals surface area contributed by atoms with E-state index in [0.717, 1.165) is 0 Å². The van der Waals surface area contributed by atoms with Gasteiger partial charge in [-0.1, -0.05) is 11.2 Å². The Bertz CT molecular complexity index is 282. The number of carbonyl (C=O) groups is 1. The first-order chi connectivity index (χ1) is 7.81. The zero-order chi connectivity index (χ0) is 13.5. The molecule has 0 aliphatic heterocycles. The fourth-order valence-electron chi connectivity index (χ4n) is 1.10. The standard InChI is InChI=1S/C12H22N2O3/c1-7-8-14(10(2)9-13-16-6)11(15)17-12(3,4)5/h7,9-10H,1,8H2,2-6H3/b13-9+. The van der Waals surface area contributed by atoms with Crippen LogP contribution in [-0.4, -0.2) is 42.5 Å². The molecule has 0 N–H and O–H groups in total. The lowest BCUT2D eigenvalue weighted by molar-refractivity contribution is 0.0249. The molecule has 0 spiro atoms. The van der Waals surface area contributed by atoms with Crippen LogP contribution in [0.4, 0.5) is 4.79 Å². The van der Waals surface area contributed by atoms with E-state index in [1.165, 1.54) is 18.2 Å². The number of carbonyl (C=O) groups excluding carboxylic acids is 1. The number of hydrogen-bond donors (Lipinski definition) is 0. The SMILES string of the molecule is C=CCN(C(=O)OC(C)(C)C)C(C)/C=N/OC. The van der Waals surface area contributed by atoms with Gasteiger partial charge in [0.05, 0.1) is 12.3 Å². The van der Waals surface area contributed by atoms with Crippen LogP contribution < -0.4 is 0 Å². The second-order valence-corrected chi connectivity index (χ2v) is 4.60. The molecule has 0 radical (unpaired) electrons. The number of amides is 1. The van der Waals surface area contributed by atoms with Crippen LogP contribution in [-0.2, 0) is 9.57 Å². The molecule has 17 heavy (non-hydrogen) atoms. The molecular formula is C12H22N2O3. The molecule has 0 rings (SSSR count). The maximum Gasteiger partial charge on any atom is 0.411 e. The predicted octanol–water partition coefficient (Wildman–Crippen LogP) is 2.43. The van der Waals surface area contributed by atoms with Crippen molar-refractivity contribution in [2.24, 2.45) is 5.16 Å². The lowest BCUT2D eigenvalue weighted by Gasteiger charge is -2.29. The molecule has 0 aliphatic rings. The Kier molecular flexibility index (Phi) is 6.31. The molecule has 1 amide bonds. The first-order valence-electron chi connectivity index (χ1n) is 5.49. The van der Waals surface area contributed by atoms with Crippen molar-refractivity contribution in [3.05, 3.63) is 12.7 Å². The molecule has 0 aliphatic carbocycles. The fourth-order valence-corrected chi connectivity index (χ4v) is 1.10. The van der Waals surface area contributed by atoms with Crippen LogP contribution in [0.1, 0.15) is 27.7 Å². The van der Waals surface area contributed by atoms with E-state index in [1.807, 2.05) is 27.7 Å². The van der Waals surface area contributed by atoms with Gasteiger partial charge in [-0.3, -0.25) is 4.90 Å². The monoisotopic (exact) mass is 242 g/mol. The van der Waals surface area contributed by atoms with Crippen LogP contribution in [0.15, 0.2) is 17.8 Å². The maximum atomic E-state index is 11.9. The molecule has 0 saturated heterocycles. The smallest absolute Gasteiger partial charge is 0.411 e. The van der Waals surface area contributed by atoms with Gasteiger partial charge in [0.2, 0.25) is 0 Å². The highest BCUT2D eigenvalue weighted by molar-refractivity contribution is 5.75. The average Bonchev–Trinajstić information content (AvgIpc) is 2.19. The zero-order valence-corrected chi connectivity index (χ0v) is 11.3. The van der Waals surface area contributed by atoms with E-state index in [2.05, 4.69) is 16.6 Å². The highest BCUT2D eigenvalue weighted by Crippen LogP contribution is 2.11. The Balaban J connectivity index is 4.66. The van der Waals surface area contributed by atoms with E-state index in [1.54, 1.807) is 6.08 Å². The van der Waals surface area contributed by atoms with Crippen molar-refractivity contribution in [2.45, 2.75) is 39.3 Å². The first-order valence-corrected chi connectivity index (χ1v) is 5.49. The van der Waals surface area contributed by atoms with Crippen LogP contribution in [0.5, 0.6) is 0 Å². The van der Waals surface area contributed by atoms with Crippen LogP contribution in [0.2, 0.25) is 0 Å². The molecule has 0 aromatic heterocycles. The molecule has 0 bridgehead atoms. The van der Waals surface area contributed by atoms with Gasteiger partial charge in [-0.05, 0) is 27.7 Å². The minimum atomic E-state index is -0.519. The fraction of sp³-hybridized carbons (Fsp3) is 0.667. The molecule has 1 atom stereocenters. The van der Waals surface area contributed by atoms with Crippen molar-refractivity contribution in [1.82, 2.24) is 4.90 Å². The molecular weight excluding hydrogens is 220 g/mol. The minimum absolute atomic E-state index is 0.220. The minimum Gasteiger partial charge on any atom is -0.444 e. The van der Waals surface area contributed by atoms with Crippen molar-refractivity contribution in [3.8, 4) is 0 Å². The van der Waals surface area contributed by atoms with Crippen molar-refractivity contribution in [3.63, 3.8) is 0 Å². The van der Waals surface area contributed by atoms with E-state index < -0.39 is 11.7 Å². The van der Waals surface area contributed by atoms with E-state index >= 15 is 0 Å². The summed E-state index contributed by atoms with van der Waals surface area (Å²) in [5.41, 5.74) is -0.519. The van der Waals surface area contributed by atoms with E-state index in [9.17, 15) is 4.79 Å². The topological polar surface area (TPSA) is 51.1 Å². The molecule has 1 unspecified atom stereocenters. The lowest BCUT2D eigenvalue weighted by Crippen LogP contribution is -2.43. The lowest BCUT2D eigenvalue weighted by atomic mass is 10.2. The summed E-state index contributed by atoms with van der Waals surface area (Å²) >= 11 is 0. The quantitative estimate of drug-likeness (QED) is 0.422. The Hall–Kier alpha value is -1.52. The Labute approximate surface area is 103 Å². The van der Waals surface area contributed by atoms with Gasteiger partial charge in [0.1, 0.15) is 12.7 Å². The largest absolute Gasteiger partial charge is 0.444 e. The van der Waals surface area contributed by atoms with Gasteiger partial charge >= 0.3 is 6.09 Å². The molecule has 0 aromatic carbocycles. The molecule has 0 fully saturated rings. The van der Waals surface area contributed by atoms with Gasteiger partial charge in [-0.15, -0.1) is 6.58 Å². The first kappa shape index (κ1) is 15.5. The summed E-state index contributed by atoms with van der Waals surface area (Å²) in [6, 6.07) is -0.220. The second kappa shape index (κ2) is 6.93. The maximum absolute atomic E-state index is 11.9. The summed E-state index contributed by atoms with van der Waals surface area (Å²) in [5, 5.41) is 3.64. The summed E-state index contributed by atoms with van der Waals surface area (Å²) < 4.78 is 5.29. The van der Waals surface area contributed by atoms with Gasteiger partial charge in [0.15, 0.2) is 0 Å². The summed E-state index contributed by atoms with van der Waals surface area (Å²) in [5.74, 6) is 0. The Morgan fingerprint density at radius 1 is 1.53 bits per heavy atom. The highest BCUT2D eigenvalue weighted by Gasteiger charge is 2.24. The molecule has 0 aromatic rings. The van der Waals surface area contributed by atoms with Crippen LogP contribution in [0.3, 0.4) is 0 Å².